The van der Waals surface area contributed by atoms with Crippen LogP contribution in [0, 0.1) is 0 Å². The molecule has 0 saturated heterocycles. The van der Waals surface area contributed by atoms with Gasteiger partial charge in [0.05, 0.1) is 27.1 Å². The van der Waals surface area contributed by atoms with Crippen molar-refractivity contribution in [1.29, 1.82) is 0 Å². The van der Waals surface area contributed by atoms with Crippen LogP contribution in [0.5, 0.6) is 0 Å². The molecule has 0 aliphatic heterocycles. The summed E-state index contributed by atoms with van der Waals surface area (Å²) in [6.07, 6.45) is 2.37. The third-order valence-electron chi connectivity index (χ3n) is 0.832. The van der Waals surface area contributed by atoms with Crippen molar-refractivity contribution >= 4 is 17.7 Å². The average Bonchev–Trinajstić information content (AvgIpc) is 1.84. The van der Waals surface area contributed by atoms with Gasteiger partial charge in [-0.2, -0.15) is 0 Å². The highest BCUT2D eigenvalue weighted by atomic mass is 35.5. The summed E-state index contributed by atoms with van der Waals surface area (Å²) in [4.78, 5) is 9.91. The first kappa shape index (κ1) is 15.0. The van der Waals surface area contributed by atoms with Crippen LogP contribution in [0.2, 0.25) is 0 Å². The van der Waals surface area contributed by atoms with Crippen molar-refractivity contribution in [2.45, 2.75) is 20.3 Å². The van der Waals surface area contributed by atoms with E-state index < -0.39 is 5.97 Å². The Bertz CT molecular complexity index is 177. The predicted octanol–water partition coefficient (Wildman–Crippen LogP) is 0.939. The lowest BCUT2D eigenvalue weighted by atomic mass is 10.2. The molecule has 4 heteroatoms. The number of hydrogen-bond donors (Lipinski definition) is 0. The highest BCUT2D eigenvalue weighted by Crippen LogP contribution is 1.91. The Hall–Kier alpha value is -0.540. The topological polar surface area (TPSA) is 40.1 Å². The SMILES string of the molecule is CCC=C(C)C(=O)[O-].C[N+](C)(C)Cl. The van der Waals surface area contributed by atoms with E-state index in [2.05, 4.69) is 0 Å². The maximum Gasteiger partial charge on any atom is 0.164 e. The first-order valence-electron chi connectivity index (χ1n) is 4.07. The fourth-order valence-electron chi connectivity index (χ4n) is 0.390. The smallest absolute Gasteiger partial charge is 0.164 e. The van der Waals surface area contributed by atoms with Gasteiger partial charge >= 0.3 is 0 Å². The fraction of sp³-hybridized carbons (Fsp3) is 0.667. The molecule has 0 aliphatic rings. The highest BCUT2D eigenvalue weighted by Gasteiger charge is 1.95. The van der Waals surface area contributed by atoms with Crippen molar-refractivity contribution < 1.29 is 13.9 Å². The minimum Gasteiger partial charge on any atom is -0.545 e. The molecule has 0 rings (SSSR count). The molecule has 0 unspecified atom stereocenters. The lowest BCUT2D eigenvalue weighted by molar-refractivity contribution is -0.747. The second-order valence-electron chi connectivity index (χ2n) is 3.43. The van der Waals surface area contributed by atoms with Gasteiger partial charge in [0.25, 0.3) is 0 Å². The van der Waals surface area contributed by atoms with E-state index in [1.807, 2.05) is 28.1 Å². The summed E-state index contributed by atoms with van der Waals surface area (Å²) in [6.45, 7) is 3.41. The second kappa shape index (κ2) is 6.92. The van der Waals surface area contributed by atoms with Gasteiger partial charge < -0.3 is 9.90 Å². The van der Waals surface area contributed by atoms with E-state index in [1.165, 1.54) is 6.92 Å². The molecule has 0 aromatic rings. The van der Waals surface area contributed by atoms with E-state index in [4.69, 9.17) is 11.8 Å². The second-order valence-corrected chi connectivity index (χ2v) is 4.45. The number of aliphatic carboxylic acids is 1. The zero-order chi connectivity index (χ0) is 11.1. The summed E-state index contributed by atoms with van der Waals surface area (Å²) in [5, 5.41) is 9.91. The predicted molar refractivity (Wildman–Crippen MR) is 52.9 cm³/mol. The maximum absolute atomic E-state index is 9.91. The largest absolute Gasteiger partial charge is 0.545 e. The molecule has 0 saturated carbocycles. The lowest BCUT2D eigenvalue weighted by Crippen LogP contribution is -2.22. The van der Waals surface area contributed by atoms with Gasteiger partial charge in [0.1, 0.15) is 0 Å². The molecule has 0 fully saturated rings. The minimum absolute atomic E-state index is 0.313. The van der Waals surface area contributed by atoms with Crippen molar-refractivity contribution in [3.05, 3.63) is 11.6 Å². The number of hydrogen-bond acceptors (Lipinski definition) is 2. The molecule has 0 aromatic heterocycles. The molecule has 0 aliphatic carbocycles. The van der Waals surface area contributed by atoms with Crippen molar-refractivity contribution in [3.63, 3.8) is 0 Å². The molecule has 0 heterocycles. The number of carbonyl (C=O) groups is 1. The summed E-state index contributed by atoms with van der Waals surface area (Å²) in [5.41, 5.74) is 0.313. The first-order chi connectivity index (χ1) is 5.68. The average molecular weight is 208 g/mol. The standard InChI is InChI=1S/C6H10O2.C3H9ClN/c1-3-4-5(2)6(7)8;1-5(2,3)4/h4H,3H2,1-2H3,(H,7,8);1-3H3/q;+1/p-1. The Kier molecular flexibility index (Phi) is 7.96. The van der Waals surface area contributed by atoms with E-state index in [0.717, 1.165) is 6.42 Å². The van der Waals surface area contributed by atoms with Gasteiger partial charge in [-0.05, 0) is 18.9 Å². The summed E-state index contributed by atoms with van der Waals surface area (Å²) in [6, 6.07) is 0. The van der Waals surface area contributed by atoms with Crippen LogP contribution in [0.3, 0.4) is 0 Å². The van der Waals surface area contributed by atoms with Gasteiger partial charge in [-0.15, -0.1) is 0 Å². The molecule has 0 radical (unpaired) electrons. The number of rotatable bonds is 2. The summed E-state index contributed by atoms with van der Waals surface area (Å²) >= 11 is 5.47. The molecule has 0 atom stereocenters. The number of carbonyl (C=O) groups excluding carboxylic acids is 1. The zero-order valence-electron chi connectivity index (χ0n) is 8.93. The normalized spacial score (nSPS) is 11.7. The van der Waals surface area contributed by atoms with Crippen LogP contribution in [0.15, 0.2) is 11.6 Å². The number of carboxylic acid groups (broad SMARTS) is 1. The van der Waals surface area contributed by atoms with Crippen molar-refractivity contribution in [2.75, 3.05) is 21.1 Å². The van der Waals surface area contributed by atoms with Gasteiger partial charge in [-0.3, -0.25) is 0 Å². The van der Waals surface area contributed by atoms with Gasteiger partial charge in [0, 0.05) is 0 Å². The van der Waals surface area contributed by atoms with E-state index in [9.17, 15) is 9.90 Å². The number of allylic oxidation sites excluding steroid dienone is 1. The third-order valence-corrected chi connectivity index (χ3v) is 0.832. The van der Waals surface area contributed by atoms with Crippen LogP contribution in [0.1, 0.15) is 20.3 Å². The van der Waals surface area contributed by atoms with Gasteiger partial charge in [0.15, 0.2) is 11.8 Å². The Morgan fingerprint density at radius 1 is 1.46 bits per heavy atom. The maximum atomic E-state index is 9.91. The Balaban J connectivity index is 0. The van der Waals surface area contributed by atoms with Crippen molar-refractivity contribution in [2.24, 2.45) is 0 Å². The van der Waals surface area contributed by atoms with Crippen molar-refractivity contribution in [1.82, 2.24) is 0 Å². The fourth-order valence-corrected chi connectivity index (χ4v) is 0.390. The number of nitrogens with zero attached hydrogens (tertiary/aromatic N) is 1. The minimum atomic E-state index is -1.08. The van der Waals surface area contributed by atoms with Crippen LogP contribution in [0.4, 0.5) is 0 Å². The van der Waals surface area contributed by atoms with Gasteiger partial charge in [-0.25, -0.2) is 4.00 Å². The van der Waals surface area contributed by atoms with E-state index in [1.54, 1.807) is 6.08 Å². The van der Waals surface area contributed by atoms with E-state index in [0.29, 0.717) is 9.58 Å². The molecule has 78 valence electrons. The van der Waals surface area contributed by atoms with Crippen LogP contribution >= 0.6 is 11.8 Å². The Morgan fingerprint density at radius 3 is 1.85 bits per heavy atom. The number of halogens is 1. The van der Waals surface area contributed by atoms with Crippen LogP contribution in [0.25, 0.3) is 0 Å². The van der Waals surface area contributed by atoms with Gasteiger partial charge in [-0.1, -0.05) is 13.0 Å². The van der Waals surface area contributed by atoms with E-state index >= 15 is 0 Å². The molecular weight excluding hydrogens is 190 g/mol. The summed E-state index contributed by atoms with van der Waals surface area (Å²) < 4.78 is 0.472. The van der Waals surface area contributed by atoms with Crippen LogP contribution in [-0.2, 0) is 4.79 Å². The molecule has 0 spiro atoms. The molecule has 0 bridgehead atoms. The summed E-state index contributed by atoms with van der Waals surface area (Å²) in [5.74, 6) is -1.08. The molecule has 0 aromatic carbocycles. The number of quaternary nitrogens is 1. The summed E-state index contributed by atoms with van der Waals surface area (Å²) in [7, 11) is 5.67. The Morgan fingerprint density at radius 2 is 1.77 bits per heavy atom. The van der Waals surface area contributed by atoms with Crippen LogP contribution in [-0.4, -0.2) is 31.1 Å². The molecular formula is C9H18ClNO2. The molecule has 13 heavy (non-hydrogen) atoms. The number of carboxylic acids is 1. The zero-order valence-corrected chi connectivity index (χ0v) is 9.68. The lowest BCUT2D eigenvalue weighted by Gasteiger charge is -2.07. The van der Waals surface area contributed by atoms with Crippen LogP contribution < -0.4 is 5.11 Å². The van der Waals surface area contributed by atoms with E-state index in [-0.39, 0.29) is 0 Å². The van der Waals surface area contributed by atoms with Crippen molar-refractivity contribution in [3.8, 4) is 0 Å². The first-order valence-corrected chi connectivity index (χ1v) is 4.41. The highest BCUT2D eigenvalue weighted by molar-refractivity contribution is 6.06. The third kappa shape index (κ3) is 24.6. The molecule has 0 amide bonds. The van der Waals surface area contributed by atoms with Gasteiger partial charge in [0.2, 0.25) is 0 Å². The monoisotopic (exact) mass is 207 g/mol. The molecule has 0 N–H and O–H groups in total. The molecule has 3 nitrogen and oxygen atoms in total. The quantitative estimate of drug-likeness (QED) is 0.500. The Labute approximate surface area is 85.3 Å².